The van der Waals surface area contributed by atoms with Gasteiger partial charge in [0, 0.05) is 37.3 Å². The van der Waals surface area contributed by atoms with Crippen LogP contribution in [0.2, 0.25) is 0 Å². The number of rotatable bonds is 2. The van der Waals surface area contributed by atoms with Gasteiger partial charge in [0.05, 0.1) is 17.7 Å². The fourth-order valence-corrected chi connectivity index (χ4v) is 2.68. The molecule has 104 valence electrons. The summed E-state index contributed by atoms with van der Waals surface area (Å²) < 4.78 is 0. The molecule has 20 heavy (non-hydrogen) atoms. The number of hydrogen-bond donors (Lipinski definition) is 2. The highest BCUT2D eigenvalue weighted by molar-refractivity contribution is 6.06. The van der Waals surface area contributed by atoms with Crippen LogP contribution in [0.1, 0.15) is 10.4 Å². The molecule has 1 fully saturated rings. The Hall–Kier alpha value is -1.98. The van der Waals surface area contributed by atoms with Crippen LogP contribution in [0.4, 0.5) is 0 Å². The van der Waals surface area contributed by atoms with Crippen molar-refractivity contribution in [3.05, 3.63) is 42.1 Å². The van der Waals surface area contributed by atoms with Crippen molar-refractivity contribution >= 4 is 16.8 Å². The van der Waals surface area contributed by atoms with Crippen molar-refractivity contribution in [2.24, 2.45) is 0 Å². The maximum atomic E-state index is 12.7. The van der Waals surface area contributed by atoms with E-state index >= 15 is 0 Å². The smallest absolute Gasteiger partial charge is 0.254 e. The topological polar surface area (TPSA) is 65.5 Å². The Labute approximate surface area is 117 Å². The average molecular weight is 271 g/mol. The summed E-state index contributed by atoms with van der Waals surface area (Å²) in [5.74, 6) is -0.0867. The minimum Gasteiger partial charge on any atom is -0.390 e. The molecule has 2 heterocycles. The highest BCUT2D eigenvalue weighted by Crippen LogP contribution is 2.19. The molecule has 0 unspecified atom stereocenters. The normalized spacial score (nSPS) is 22.1. The molecule has 0 spiro atoms. The molecular formula is C15H17N3O2. The lowest BCUT2D eigenvalue weighted by atomic mass is 10.1. The molecule has 0 saturated carbocycles. The van der Waals surface area contributed by atoms with E-state index in [1.165, 1.54) is 0 Å². The molecule has 1 aromatic carbocycles. The predicted octanol–water partition coefficient (Wildman–Crippen LogP) is 0.639. The molecule has 0 bridgehead atoms. The highest BCUT2D eigenvalue weighted by Gasteiger charge is 2.31. The van der Waals surface area contributed by atoms with Crippen LogP contribution in [-0.2, 0) is 0 Å². The number of carbonyl (C=O) groups is 1. The zero-order chi connectivity index (χ0) is 14.1. The molecule has 1 aromatic heterocycles. The zero-order valence-corrected chi connectivity index (χ0v) is 11.3. The van der Waals surface area contributed by atoms with Crippen molar-refractivity contribution in [1.29, 1.82) is 0 Å². The molecule has 0 radical (unpaired) electrons. The molecule has 1 amide bonds. The van der Waals surface area contributed by atoms with E-state index in [1.807, 2.05) is 24.3 Å². The van der Waals surface area contributed by atoms with Crippen molar-refractivity contribution in [2.45, 2.75) is 12.1 Å². The first-order valence-corrected chi connectivity index (χ1v) is 6.68. The minimum absolute atomic E-state index is 0.0867. The van der Waals surface area contributed by atoms with Crippen molar-refractivity contribution in [3.63, 3.8) is 0 Å². The molecular weight excluding hydrogens is 254 g/mol. The third-order valence-electron chi connectivity index (χ3n) is 3.85. The largest absolute Gasteiger partial charge is 0.390 e. The Balaban J connectivity index is 1.96. The molecule has 2 atom stereocenters. The number of amides is 1. The number of aliphatic hydroxyl groups excluding tert-OH is 1. The summed E-state index contributed by atoms with van der Waals surface area (Å²) in [7, 11) is 1.73. The van der Waals surface area contributed by atoms with Crippen LogP contribution < -0.4 is 5.32 Å². The van der Waals surface area contributed by atoms with Gasteiger partial charge in [-0.05, 0) is 18.2 Å². The molecule has 5 nitrogen and oxygen atoms in total. The van der Waals surface area contributed by atoms with E-state index in [1.54, 1.807) is 24.2 Å². The molecule has 1 aliphatic rings. The third-order valence-corrected chi connectivity index (χ3v) is 3.85. The van der Waals surface area contributed by atoms with Gasteiger partial charge in [-0.1, -0.05) is 12.1 Å². The van der Waals surface area contributed by atoms with Crippen LogP contribution in [0.5, 0.6) is 0 Å². The van der Waals surface area contributed by atoms with Crippen LogP contribution in [0.25, 0.3) is 10.9 Å². The molecule has 3 rings (SSSR count). The molecule has 5 heteroatoms. The van der Waals surface area contributed by atoms with E-state index in [-0.39, 0.29) is 11.9 Å². The number of pyridine rings is 1. The summed E-state index contributed by atoms with van der Waals surface area (Å²) in [5.41, 5.74) is 1.43. The summed E-state index contributed by atoms with van der Waals surface area (Å²) >= 11 is 0. The first-order valence-electron chi connectivity index (χ1n) is 6.68. The lowest BCUT2D eigenvalue weighted by molar-refractivity contribution is 0.0583. The second kappa shape index (κ2) is 5.19. The van der Waals surface area contributed by atoms with Gasteiger partial charge in [-0.3, -0.25) is 9.78 Å². The summed E-state index contributed by atoms with van der Waals surface area (Å²) in [6, 6.07) is 9.06. The molecule has 2 N–H and O–H groups in total. The number of β-amino-alcohol motifs (C(OH)–C–C–N with tert-alkyl or cyclic N) is 1. The number of aliphatic hydroxyl groups is 1. The summed E-state index contributed by atoms with van der Waals surface area (Å²) in [4.78, 5) is 18.5. The minimum atomic E-state index is -0.517. The summed E-state index contributed by atoms with van der Waals surface area (Å²) in [6.45, 7) is 1.14. The number of likely N-dealkylation sites (N-methyl/N-ethyl adjacent to an activating group) is 1. The number of carbonyl (C=O) groups excluding carboxylic acids is 1. The lowest BCUT2D eigenvalue weighted by Crippen LogP contribution is -2.44. The van der Waals surface area contributed by atoms with Crippen molar-refractivity contribution in [3.8, 4) is 0 Å². The Morgan fingerprint density at radius 2 is 2.20 bits per heavy atom. The van der Waals surface area contributed by atoms with Crippen molar-refractivity contribution in [1.82, 2.24) is 15.2 Å². The van der Waals surface area contributed by atoms with Gasteiger partial charge >= 0.3 is 0 Å². The fraction of sp³-hybridized carbons (Fsp3) is 0.333. The molecule has 1 saturated heterocycles. The van der Waals surface area contributed by atoms with E-state index < -0.39 is 6.10 Å². The van der Waals surface area contributed by atoms with Crippen LogP contribution >= 0.6 is 0 Å². The van der Waals surface area contributed by atoms with Crippen LogP contribution in [-0.4, -0.2) is 53.2 Å². The van der Waals surface area contributed by atoms with Crippen molar-refractivity contribution < 1.29 is 9.90 Å². The number of nitrogens with one attached hydrogen (secondary N) is 1. The highest BCUT2D eigenvalue weighted by atomic mass is 16.3. The summed E-state index contributed by atoms with van der Waals surface area (Å²) in [6.07, 6.45) is 1.20. The number of fused-ring (bicyclic) bond motifs is 1. The van der Waals surface area contributed by atoms with E-state index in [0.717, 1.165) is 10.9 Å². The number of hydrogen-bond acceptors (Lipinski definition) is 4. The lowest BCUT2D eigenvalue weighted by Gasteiger charge is -2.26. The summed E-state index contributed by atoms with van der Waals surface area (Å²) in [5, 5.41) is 13.8. The number of nitrogens with zero attached hydrogens (tertiary/aromatic N) is 2. The van der Waals surface area contributed by atoms with Gasteiger partial charge in [0.2, 0.25) is 0 Å². The van der Waals surface area contributed by atoms with Gasteiger partial charge in [0.15, 0.2) is 0 Å². The van der Waals surface area contributed by atoms with E-state index in [4.69, 9.17) is 0 Å². The molecule has 2 aromatic rings. The first kappa shape index (κ1) is 13.0. The SMILES string of the molecule is CN(C(=O)c1cccc2ncccc12)[C@@H]1CNC[C@H]1O. The van der Waals surface area contributed by atoms with Gasteiger partial charge in [0.25, 0.3) is 5.91 Å². The van der Waals surface area contributed by atoms with Gasteiger partial charge in [-0.2, -0.15) is 0 Å². The number of benzene rings is 1. The maximum Gasteiger partial charge on any atom is 0.254 e. The van der Waals surface area contributed by atoms with Gasteiger partial charge < -0.3 is 15.3 Å². The second-order valence-corrected chi connectivity index (χ2v) is 5.08. The zero-order valence-electron chi connectivity index (χ0n) is 11.3. The standard InChI is InChI=1S/C15H17N3O2/c1-18(13-8-16-9-14(13)19)15(20)11-4-2-6-12-10(11)5-3-7-17-12/h2-7,13-14,16,19H,8-9H2,1H3/t13-,14-/m1/s1. The quantitative estimate of drug-likeness (QED) is 0.841. The van der Waals surface area contributed by atoms with Crippen LogP contribution in [0.15, 0.2) is 36.5 Å². The van der Waals surface area contributed by atoms with Gasteiger partial charge in [-0.15, -0.1) is 0 Å². The Morgan fingerprint density at radius 3 is 2.95 bits per heavy atom. The van der Waals surface area contributed by atoms with E-state index in [2.05, 4.69) is 10.3 Å². The second-order valence-electron chi connectivity index (χ2n) is 5.08. The maximum absolute atomic E-state index is 12.7. The van der Waals surface area contributed by atoms with E-state index in [9.17, 15) is 9.90 Å². The third kappa shape index (κ3) is 2.15. The Bertz CT molecular complexity index is 639. The van der Waals surface area contributed by atoms with E-state index in [0.29, 0.717) is 18.7 Å². The van der Waals surface area contributed by atoms with Crippen LogP contribution in [0.3, 0.4) is 0 Å². The van der Waals surface area contributed by atoms with Crippen LogP contribution in [0, 0.1) is 0 Å². The number of aromatic nitrogens is 1. The molecule has 0 aliphatic carbocycles. The monoisotopic (exact) mass is 271 g/mol. The fourth-order valence-electron chi connectivity index (χ4n) is 2.68. The first-order chi connectivity index (χ1) is 9.68. The Kier molecular flexibility index (Phi) is 3.38. The molecule has 1 aliphatic heterocycles. The van der Waals surface area contributed by atoms with Gasteiger partial charge in [0.1, 0.15) is 0 Å². The van der Waals surface area contributed by atoms with Gasteiger partial charge in [-0.25, -0.2) is 0 Å². The predicted molar refractivity (Wildman–Crippen MR) is 76.5 cm³/mol. The Morgan fingerprint density at radius 1 is 1.35 bits per heavy atom. The average Bonchev–Trinajstić information content (AvgIpc) is 2.91. The van der Waals surface area contributed by atoms with Crippen molar-refractivity contribution in [2.75, 3.05) is 20.1 Å².